The minimum atomic E-state index is -1.06. The van der Waals surface area contributed by atoms with E-state index < -0.39 is 22.3 Å². The van der Waals surface area contributed by atoms with Crippen LogP contribution in [0.4, 0.5) is 14.6 Å². The van der Waals surface area contributed by atoms with E-state index in [0.717, 1.165) is 5.56 Å². The van der Waals surface area contributed by atoms with Gasteiger partial charge in [-0.3, -0.25) is 10.1 Å². The summed E-state index contributed by atoms with van der Waals surface area (Å²) in [6.07, 6.45) is -0.845. The molecule has 4 rings (SSSR count). The highest BCUT2D eigenvalue weighted by molar-refractivity contribution is 7.15. The van der Waals surface area contributed by atoms with Crippen molar-refractivity contribution in [2.24, 2.45) is 5.10 Å². The Labute approximate surface area is 199 Å². The molecule has 0 aliphatic carbocycles. The van der Waals surface area contributed by atoms with Gasteiger partial charge in [-0.15, -0.1) is 11.3 Å². The van der Waals surface area contributed by atoms with Crippen LogP contribution in [0.25, 0.3) is 0 Å². The molecule has 10 heteroatoms. The Morgan fingerprint density at radius 2 is 1.79 bits per heavy atom. The molecule has 33 heavy (non-hydrogen) atoms. The first-order valence-corrected chi connectivity index (χ1v) is 12.0. The lowest BCUT2D eigenvalue weighted by Crippen LogP contribution is -2.61. The van der Waals surface area contributed by atoms with Crippen molar-refractivity contribution in [1.82, 2.24) is 15.2 Å². The van der Waals surface area contributed by atoms with Gasteiger partial charge in [0.25, 0.3) is 5.91 Å². The van der Waals surface area contributed by atoms with Crippen LogP contribution in [0.15, 0.2) is 64.4 Å². The van der Waals surface area contributed by atoms with Gasteiger partial charge in [0.2, 0.25) is 10.8 Å². The maximum atomic E-state index is 13.7. The summed E-state index contributed by atoms with van der Waals surface area (Å²) < 4.78 is 4.23. The number of fused-ring (bicyclic) bond motifs is 1. The number of amidine groups is 1. The van der Waals surface area contributed by atoms with E-state index in [1.165, 1.54) is 22.7 Å². The highest BCUT2D eigenvalue weighted by atomic mass is 32.1. The summed E-state index contributed by atoms with van der Waals surface area (Å²) in [5.74, 6) is -0.222. The Kier molecular flexibility index (Phi) is 6.15. The number of nitrogens with zero attached hydrogens (tertiary/aromatic N) is 2. The number of imide groups is 1. The molecule has 170 valence electrons. The van der Waals surface area contributed by atoms with Crippen LogP contribution in [0.1, 0.15) is 41.6 Å². The molecule has 4 amide bonds. The second-order valence-electron chi connectivity index (χ2n) is 7.77. The topological polar surface area (TPSA) is 96.9 Å². The SMILES string of the molecule is CCOC(=O)[N+]1(C(=O)NC(C)(C)c2ccccc2)N=C(NC(=O)c2cccs2)c2ccsc21. The van der Waals surface area contributed by atoms with Gasteiger partial charge in [0.1, 0.15) is 0 Å². The minimum absolute atomic E-state index is 0.0707. The fourth-order valence-corrected chi connectivity index (χ4v) is 5.08. The first-order chi connectivity index (χ1) is 15.8. The highest BCUT2D eigenvalue weighted by Gasteiger charge is 2.59. The summed E-state index contributed by atoms with van der Waals surface area (Å²) in [7, 11) is 0. The van der Waals surface area contributed by atoms with Crippen LogP contribution in [0.5, 0.6) is 0 Å². The third kappa shape index (κ3) is 4.08. The zero-order valence-electron chi connectivity index (χ0n) is 18.3. The fourth-order valence-electron chi connectivity index (χ4n) is 3.49. The number of quaternary nitrogens is 1. The van der Waals surface area contributed by atoms with Gasteiger partial charge < -0.3 is 10.1 Å². The fraction of sp³-hybridized carbons (Fsp3) is 0.217. The van der Waals surface area contributed by atoms with Crippen molar-refractivity contribution in [3.8, 4) is 0 Å². The van der Waals surface area contributed by atoms with Gasteiger partial charge in [0.15, 0.2) is 0 Å². The lowest BCUT2D eigenvalue weighted by atomic mass is 9.94. The van der Waals surface area contributed by atoms with E-state index in [4.69, 9.17) is 4.74 Å². The quantitative estimate of drug-likeness (QED) is 0.509. The maximum absolute atomic E-state index is 13.7. The second-order valence-corrected chi connectivity index (χ2v) is 9.62. The first kappa shape index (κ1) is 22.8. The van der Waals surface area contributed by atoms with Gasteiger partial charge in [-0.1, -0.05) is 47.7 Å². The van der Waals surface area contributed by atoms with Crippen molar-refractivity contribution in [3.63, 3.8) is 0 Å². The Morgan fingerprint density at radius 3 is 2.45 bits per heavy atom. The molecule has 0 saturated heterocycles. The van der Waals surface area contributed by atoms with E-state index in [2.05, 4.69) is 15.7 Å². The number of rotatable bonds is 4. The molecule has 8 nitrogen and oxygen atoms in total. The number of benzene rings is 1. The van der Waals surface area contributed by atoms with E-state index in [9.17, 15) is 14.4 Å². The zero-order valence-corrected chi connectivity index (χ0v) is 20.0. The monoisotopic (exact) mass is 483 g/mol. The number of ether oxygens (including phenoxy) is 1. The molecule has 0 bridgehead atoms. The standard InChI is InChI=1S/C23H22N4O4S2/c1-4-31-22(30)27(21(29)25-23(2,3)15-9-6-5-7-10-15)20-16(12-14-33-20)18(26-27)24-19(28)17-11-8-13-32-17/h5-14H,4H2,1-3H3,(H-,24,25,26,28,29)/p+1. The number of hydrogen-bond acceptors (Lipinski definition) is 7. The van der Waals surface area contributed by atoms with E-state index in [1.807, 2.05) is 44.2 Å². The molecule has 0 spiro atoms. The molecule has 1 aliphatic heterocycles. The van der Waals surface area contributed by atoms with Crippen molar-refractivity contribution in [3.05, 3.63) is 75.3 Å². The Hall–Kier alpha value is -3.34. The van der Waals surface area contributed by atoms with E-state index in [0.29, 0.717) is 15.4 Å². The van der Waals surface area contributed by atoms with Crippen molar-refractivity contribution < 1.29 is 19.1 Å². The van der Waals surface area contributed by atoms with Crippen LogP contribution >= 0.6 is 22.7 Å². The van der Waals surface area contributed by atoms with Crippen LogP contribution in [0.3, 0.4) is 0 Å². The normalized spacial score (nSPS) is 17.1. The summed E-state index contributed by atoms with van der Waals surface area (Å²) in [6, 6.07) is 13.9. The average molecular weight is 484 g/mol. The molecule has 0 saturated carbocycles. The van der Waals surface area contributed by atoms with Gasteiger partial charge in [-0.25, -0.2) is 4.79 Å². The predicted molar refractivity (Wildman–Crippen MR) is 129 cm³/mol. The molecule has 1 aliphatic rings. The third-order valence-electron chi connectivity index (χ3n) is 5.16. The number of carbonyl (C=O) groups excluding carboxylic acids is 3. The maximum Gasteiger partial charge on any atom is 0.559 e. The molecule has 3 heterocycles. The van der Waals surface area contributed by atoms with Crippen LogP contribution < -0.4 is 15.2 Å². The van der Waals surface area contributed by atoms with Crippen LogP contribution in [0.2, 0.25) is 0 Å². The lowest BCUT2D eigenvalue weighted by Gasteiger charge is -2.29. The first-order valence-electron chi connectivity index (χ1n) is 10.3. The zero-order chi connectivity index (χ0) is 23.6. The predicted octanol–water partition coefficient (Wildman–Crippen LogP) is 5.02. The van der Waals surface area contributed by atoms with Crippen LogP contribution in [-0.4, -0.2) is 30.5 Å². The Bertz CT molecular complexity index is 1220. The van der Waals surface area contributed by atoms with Crippen molar-refractivity contribution in [2.45, 2.75) is 26.3 Å². The molecule has 0 fully saturated rings. The molecule has 1 atom stereocenters. The smallest absolute Gasteiger partial charge is 0.418 e. The van der Waals surface area contributed by atoms with Gasteiger partial charge >= 0.3 is 12.1 Å². The molecular weight excluding hydrogens is 460 g/mol. The summed E-state index contributed by atoms with van der Waals surface area (Å²) >= 11 is 2.48. The van der Waals surface area contributed by atoms with E-state index >= 15 is 0 Å². The van der Waals surface area contributed by atoms with Crippen molar-refractivity contribution in [2.75, 3.05) is 6.61 Å². The van der Waals surface area contributed by atoms with Crippen LogP contribution in [0, 0.1) is 0 Å². The molecule has 0 radical (unpaired) electrons. The van der Waals surface area contributed by atoms with E-state index in [1.54, 1.807) is 35.9 Å². The number of hydrogen-bond donors (Lipinski definition) is 2. The summed E-state index contributed by atoms with van der Waals surface area (Å²) in [6.45, 7) is 5.42. The van der Waals surface area contributed by atoms with Gasteiger partial charge in [-0.2, -0.15) is 4.79 Å². The third-order valence-corrected chi connectivity index (χ3v) is 7.01. The number of urea groups is 1. The minimum Gasteiger partial charge on any atom is -0.418 e. The van der Waals surface area contributed by atoms with Crippen molar-refractivity contribution >= 4 is 51.5 Å². The number of nitrogens with one attached hydrogen (secondary N) is 2. The molecule has 1 unspecified atom stereocenters. The number of carbonyl (C=O) groups is 3. The molecule has 1 aromatic carbocycles. The Balaban J connectivity index is 1.74. The summed E-state index contributed by atoms with van der Waals surface area (Å²) in [4.78, 5) is 40.1. The summed E-state index contributed by atoms with van der Waals surface area (Å²) in [5.41, 5.74) is 0.568. The number of amides is 4. The lowest BCUT2D eigenvalue weighted by molar-refractivity contribution is 0.0977. The van der Waals surface area contributed by atoms with Gasteiger partial charge in [0.05, 0.1) is 22.6 Å². The molecule has 2 aromatic heterocycles. The number of thiophene rings is 2. The van der Waals surface area contributed by atoms with Crippen molar-refractivity contribution in [1.29, 1.82) is 0 Å². The molecular formula is C23H23N4O4S2+. The second kappa shape index (κ2) is 8.89. The van der Waals surface area contributed by atoms with E-state index in [-0.39, 0.29) is 18.3 Å². The molecule has 2 N–H and O–H groups in total. The Morgan fingerprint density at radius 1 is 1.03 bits per heavy atom. The summed E-state index contributed by atoms with van der Waals surface area (Å²) in [5, 5.41) is 14.0. The van der Waals surface area contributed by atoms with Crippen LogP contribution in [-0.2, 0) is 10.3 Å². The highest BCUT2D eigenvalue weighted by Crippen LogP contribution is 2.41. The average Bonchev–Trinajstić information content (AvgIpc) is 3.53. The molecule has 3 aromatic rings. The van der Waals surface area contributed by atoms with Gasteiger partial charge in [-0.05, 0) is 54.3 Å². The largest absolute Gasteiger partial charge is 0.559 e. The van der Waals surface area contributed by atoms with Gasteiger partial charge in [0, 0.05) is 4.59 Å².